The molecule has 0 fully saturated rings. The Morgan fingerprint density at radius 1 is 0.846 bits per heavy atom. The summed E-state index contributed by atoms with van der Waals surface area (Å²) in [6.45, 7) is 1.22. The fourth-order valence-corrected chi connectivity index (χ4v) is 5.48. The number of carbonyl (C=O) groups excluding carboxylic acids is 3. The van der Waals surface area contributed by atoms with E-state index in [0.717, 1.165) is 9.87 Å². The van der Waals surface area contributed by atoms with E-state index in [4.69, 9.17) is 14.2 Å². The van der Waals surface area contributed by atoms with E-state index in [-0.39, 0.29) is 34.0 Å². The van der Waals surface area contributed by atoms with E-state index in [1.807, 2.05) is 30.3 Å². The van der Waals surface area contributed by atoms with Crippen LogP contribution in [0.1, 0.15) is 31.8 Å². The Morgan fingerprint density at radius 3 is 2.03 bits per heavy atom. The maximum absolute atomic E-state index is 13.8. The van der Waals surface area contributed by atoms with Gasteiger partial charge < -0.3 is 19.5 Å². The molecule has 0 unspecified atom stereocenters. The van der Waals surface area contributed by atoms with E-state index in [2.05, 4.69) is 5.32 Å². The van der Waals surface area contributed by atoms with Gasteiger partial charge in [-0.25, -0.2) is 18.0 Å². The molecular formula is C28H30N2O8S. The molecule has 206 valence electrons. The minimum absolute atomic E-state index is 0.00642. The molecule has 0 bridgehead atoms. The van der Waals surface area contributed by atoms with E-state index in [0.29, 0.717) is 12.0 Å². The van der Waals surface area contributed by atoms with Crippen LogP contribution in [-0.4, -0.2) is 65.0 Å². The second kappa shape index (κ2) is 13.0. The molecule has 0 saturated carbocycles. The Balaban J connectivity index is 1.94. The molecule has 0 heterocycles. The van der Waals surface area contributed by atoms with Gasteiger partial charge in [0.1, 0.15) is 10.6 Å². The van der Waals surface area contributed by atoms with Crippen LogP contribution in [-0.2, 0) is 30.7 Å². The SMILES string of the molecule is COC(=O)c1cc(NC(=O)CN(CCc2ccccc2)S(=O)(=O)c2cc(C)ccc2OC)cc(C(=O)OC)c1. The van der Waals surface area contributed by atoms with Crippen molar-refractivity contribution in [2.45, 2.75) is 18.2 Å². The molecule has 39 heavy (non-hydrogen) atoms. The number of sulfonamides is 1. The van der Waals surface area contributed by atoms with Crippen LogP contribution in [0.4, 0.5) is 5.69 Å². The Labute approximate surface area is 227 Å². The molecule has 0 aliphatic carbocycles. The van der Waals surface area contributed by atoms with Crippen molar-refractivity contribution >= 4 is 33.6 Å². The smallest absolute Gasteiger partial charge is 0.337 e. The highest BCUT2D eigenvalue weighted by Gasteiger charge is 2.30. The highest BCUT2D eigenvalue weighted by molar-refractivity contribution is 7.89. The molecule has 0 spiro atoms. The largest absolute Gasteiger partial charge is 0.495 e. The topological polar surface area (TPSA) is 128 Å². The van der Waals surface area contributed by atoms with Gasteiger partial charge in [-0.15, -0.1) is 0 Å². The molecule has 0 aliphatic rings. The van der Waals surface area contributed by atoms with Gasteiger partial charge in [-0.3, -0.25) is 4.79 Å². The second-order valence-corrected chi connectivity index (χ2v) is 10.5. The standard InChI is InChI=1S/C28H30N2O8S/c1-19-10-11-24(36-2)25(14-19)39(34,35)30(13-12-20-8-6-5-7-9-20)18-26(31)29-23-16-21(27(32)37-3)15-22(17-23)28(33)38-4/h5-11,14-17H,12-13,18H2,1-4H3,(H,29,31). The van der Waals surface area contributed by atoms with Crippen molar-refractivity contribution in [1.82, 2.24) is 4.31 Å². The number of hydrogen-bond donors (Lipinski definition) is 1. The number of anilines is 1. The number of rotatable bonds is 11. The van der Waals surface area contributed by atoms with Gasteiger partial charge in [0.15, 0.2) is 0 Å². The highest BCUT2D eigenvalue weighted by atomic mass is 32.2. The number of esters is 2. The van der Waals surface area contributed by atoms with Gasteiger partial charge in [-0.1, -0.05) is 36.4 Å². The van der Waals surface area contributed by atoms with Gasteiger partial charge in [-0.05, 0) is 54.8 Å². The molecule has 0 aliphatic heterocycles. The summed E-state index contributed by atoms with van der Waals surface area (Å²) in [6.07, 6.45) is 0.353. The van der Waals surface area contributed by atoms with Crippen molar-refractivity contribution in [2.75, 3.05) is 39.7 Å². The van der Waals surface area contributed by atoms with E-state index >= 15 is 0 Å². The van der Waals surface area contributed by atoms with E-state index in [9.17, 15) is 22.8 Å². The zero-order chi connectivity index (χ0) is 28.6. The van der Waals surface area contributed by atoms with Crippen LogP contribution in [0, 0.1) is 6.92 Å². The molecule has 0 saturated heterocycles. The number of nitrogens with zero attached hydrogens (tertiary/aromatic N) is 1. The lowest BCUT2D eigenvalue weighted by Gasteiger charge is -2.23. The number of amides is 1. The lowest BCUT2D eigenvalue weighted by Crippen LogP contribution is -2.39. The Morgan fingerprint density at radius 2 is 1.46 bits per heavy atom. The van der Waals surface area contributed by atoms with Gasteiger partial charge >= 0.3 is 11.9 Å². The molecule has 3 aromatic rings. The number of benzene rings is 3. The number of hydrogen-bond acceptors (Lipinski definition) is 8. The lowest BCUT2D eigenvalue weighted by molar-refractivity contribution is -0.116. The number of carbonyl (C=O) groups is 3. The summed E-state index contributed by atoms with van der Waals surface area (Å²) in [5.74, 6) is -1.99. The van der Waals surface area contributed by atoms with Crippen molar-refractivity contribution < 1.29 is 37.0 Å². The van der Waals surface area contributed by atoms with Crippen LogP contribution in [0.25, 0.3) is 0 Å². The van der Waals surface area contributed by atoms with Crippen LogP contribution in [0.2, 0.25) is 0 Å². The van der Waals surface area contributed by atoms with Crippen molar-refractivity contribution in [3.63, 3.8) is 0 Å². The van der Waals surface area contributed by atoms with Gasteiger partial charge in [0.25, 0.3) is 0 Å². The fourth-order valence-electron chi connectivity index (χ4n) is 3.84. The summed E-state index contributed by atoms with van der Waals surface area (Å²) in [4.78, 5) is 37.3. The Bertz CT molecular complexity index is 1420. The van der Waals surface area contributed by atoms with Crippen LogP contribution >= 0.6 is 0 Å². The monoisotopic (exact) mass is 554 g/mol. The number of nitrogens with one attached hydrogen (secondary N) is 1. The quantitative estimate of drug-likeness (QED) is 0.357. The first-order valence-corrected chi connectivity index (χ1v) is 13.3. The minimum atomic E-state index is -4.18. The predicted octanol–water partition coefficient (Wildman–Crippen LogP) is 3.45. The van der Waals surface area contributed by atoms with E-state index < -0.39 is 34.4 Å². The van der Waals surface area contributed by atoms with E-state index in [1.165, 1.54) is 45.6 Å². The third-order valence-electron chi connectivity index (χ3n) is 5.81. The maximum atomic E-state index is 13.8. The average Bonchev–Trinajstić information content (AvgIpc) is 2.94. The van der Waals surface area contributed by atoms with Crippen molar-refractivity contribution in [2.24, 2.45) is 0 Å². The van der Waals surface area contributed by atoms with Gasteiger partial charge in [0, 0.05) is 12.2 Å². The predicted molar refractivity (Wildman–Crippen MR) is 144 cm³/mol. The zero-order valence-corrected chi connectivity index (χ0v) is 22.9. The van der Waals surface area contributed by atoms with Gasteiger partial charge in [0.05, 0.1) is 39.0 Å². The summed E-state index contributed by atoms with van der Waals surface area (Å²) < 4.78 is 43.4. The third-order valence-corrected chi connectivity index (χ3v) is 7.67. The molecule has 0 aromatic heterocycles. The molecule has 3 aromatic carbocycles. The molecule has 11 heteroatoms. The van der Waals surface area contributed by atoms with Crippen molar-refractivity contribution in [1.29, 1.82) is 0 Å². The lowest BCUT2D eigenvalue weighted by atomic mass is 10.1. The van der Waals surface area contributed by atoms with E-state index in [1.54, 1.807) is 19.1 Å². The normalized spacial score (nSPS) is 11.1. The Hall–Kier alpha value is -4.22. The molecule has 0 radical (unpaired) electrons. The van der Waals surface area contributed by atoms with Crippen LogP contribution < -0.4 is 10.1 Å². The average molecular weight is 555 g/mol. The summed E-state index contributed by atoms with van der Waals surface area (Å²) in [5.41, 5.74) is 1.71. The highest BCUT2D eigenvalue weighted by Crippen LogP contribution is 2.28. The van der Waals surface area contributed by atoms with Crippen LogP contribution in [0.3, 0.4) is 0 Å². The summed E-state index contributed by atoms with van der Waals surface area (Å²) >= 11 is 0. The molecule has 0 atom stereocenters. The zero-order valence-electron chi connectivity index (χ0n) is 22.1. The van der Waals surface area contributed by atoms with Crippen LogP contribution in [0.15, 0.2) is 71.6 Å². The number of aryl methyl sites for hydroxylation is 1. The van der Waals surface area contributed by atoms with Crippen molar-refractivity contribution in [3.05, 3.63) is 89.0 Å². The van der Waals surface area contributed by atoms with Gasteiger partial charge in [0.2, 0.25) is 15.9 Å². The number of methoxy groups -OCH3 is 3. The molecule has 1 amide bonds. The summed E-state index contributed by atoms with van der Waals surface area (Å²) in [7, 11) is -0.441. The molecule has 10 nitrogen and oxygen atoms in total. The maximum Gasteiger partial charge on any atom is 0.337 e. The minimum Gasteiger partial charge on any atom is -0.495 e. The number of ether oxygens (including phenoxy) is 3. The second-order valence-electron chi connectivity index (χ2n) is 8.56. The van der Waals surface area contributed by atoms with Gasteiger partial charge in [-0.2, -0.15) is 4.31 Å². The molecule has 3 rings (SSSR count). The first-order chi connectivity index (χ1) is 18.6. The van der Waals surface area contributed by atoms with Crippen LogP contribution in [0.5, 0.6) is 5.75 Å². The first kappa shape index (κ1) is 29.3. The Kier molecular flexibility index (Phi) is 9.80. The third kappa shape index (κ3) is 7.43. The molecule has 1 N–H and O–H groups in total. The summed E-state index contributed by atoms with van der Waals surface area (Å²) in [5, 5.41) is 2.58. The molecular weight excluding hydrogens is 524 g/mol. The van der Waals surface area contributed by atoms with Crippen molar-refractivity contribution in [3.8, 4) is 5.75 Å². The fraction of sp³-hybridized carbons (Fsp3) is 0.250. The summed E-state index contributed by atoms with van der Waals surface area (Å²) in [6, 6.07) is 18.0. The first-order valence-electron chi connectivity index (χ1n) is 11.9.